The molecule has 0 amide bonds. The molecule has 2 aromatic rings. The molecule has 0 saturated heterocycles. The number of alkyl halides is 1. The molecule has 0 bridgehead atoms. The third kappa shape index (κ3) is 7.53. The number of hydrogen-bond acceptors (Lipinski definition) is 4. The van der Waals surface area contributed by atoms with Gasteiger partial charge in [-0.15, -0.1) is 11.6 Å². The Kier molecular flexibility index (Phi) is 10.3. The zero-order valence-corrected chi connectivity index (χ0v) is 14.8. The van der Waals surface area contributed by atoms with Crippen LogP contribution in [0.2, 0.25) is 0 Å². The molecule has 1 heterocycles. The quantitative estimate of drug-likeness (QED) is 0.549. The number of aromatic hydroxyl groups is 1. The summed E-state index contributed by atoms with van der Waals surface area (Å²) >= 11 is 9.35. The van der Waals surface area contributed by atoms with E-state index in [-0.39, 0.29) is 11.6 Å². The van der Waals surface area contributed by atoms with Crippen molar-refractivity contribution >= 4 is 21.7 Å². The van der Waals surface area contributed by atoms with Crippen LogP contribution in [0, 0.1) is 0 Å². The Morgan fingerprint density at radius 3 is 2.39 bits per heavy atom. The fraction of sp³-hybridized carbons (Fsp3) is 0.312. The van der Waals surface area contributed by atoms with Crippen molar-refractivity contribution in [3.05, 3.63) is 59.9 Å². The van der Waals surface area contributed by atoms with Gasteiger partial charge in [-0.25, -0.2) is 0 Å². The van der Waals surface area contributed by atoms with Gasteiger partial charge < -0.3 is 10.2 Å². The summed E-state index contributed by atoms with van der Waals surface area (Å²) in [6.07, 6.45) is 1.13. The van der Waals surface area contributed by atoms with E-state index in [0.717, 1.165) is 11.3 Å². The van der Waals surface area contributed by atoms with Crippen molar-refractivity contribution in [1.82, 2.24) is 9.88 Å². The normalized spacial score (nSPS) is 11.7. The van der Waals surface area contributed by atoms with Crippen molar-refractivity contribution in [2.24, 2.45) is 0 Å². The molecule has 23 heavy (non-hydrogen) atoms. The fourth-order valence-corrected chi connectivity index (χ4v) is 2.24. The molecule has 7 heteroatoms. The van der Waals surface area contributed by atoms with Gasteiger partial charge in [0, 0.05) is 37.3 Å². The van der Waals surface area contributed by atoms with Gasteiger partial charge in [-0.3, -0.25) is 9.88 Å². The number of aliphatic hydroxyl groups excluding tert-OH is 1. The Labute approximate surface area is 154 Å². The predicted octanol–water partition coefficient (Wildman–Crippen LogP) is 3.08. The van der Waals surface area contributed by atoms with E-state index >= 15 is 0 Å². The van der Waals surface area contributed by atoms with E-state index in [2.05, 4.69) is 30.2 Å². The topological polar surface area (TPSA) is 56.6 Å². The minimum atomic E-state index is -0.610. The van der Waals surface area contributed by atoms with Crippen LogP contribution in [0.25, 0.3) is 0 Å². The number of nitrogens with zero attached hydrogens (tertiary/aromatic N) is 2. The van der Waals surface area contributed by atoms with Crippen molar-refractivity contribution in [1.29, 1.82) is 0 Å². The average molecular weight is 406 g/mol. The second-order valence-electron chi connectivity index (χ2n) is 4.93. The van der Waals surface area contributed by atoms with Gasteiger partial charge in [0.25, 0.3) is 0 Å². The van der Waals surface area contributed by atoms with Crippen molar-refractivity contribution < 1.29 is 25.3 Å². The zero-order chi connectivity index (χ0) is 17.1. The number of para-hydroxylation sites is 1. The van der Waals surface area contributed by atoms with E-state index in [1.165, 1.54) is 0 Å². The molecule has 0 aliphatic carbocycles. The Morgan fingerprint density at radius 2 is 1.78 bits per heavy atom. The van der Waals surface area contributed by atoms with Crippen molar-refractivity contribution in [3.63, 3.8) is 0 Å². The van der Waals surface area contributed by atoms with E-state index in [1.54, 1.807) is 18.3 Å². The van der Waals surface area contributed by atoms with Crippen LogP contribution >= 0.6 is 21.7 Å². The van der Waals surface area contributed by atoms with Crippen LogP contribution < -0.4 is 0 Å². The number of phenols is 1. The SMILES string of the molecule is Oc1ccccc1CN(Cc1ccccn1)CC(O)CCl.[Cl][Cu+]. The maximum absolute atomic E-state index is 9.89. The first-order chi connectivity index (χ1) is 11.2. The second-order valence-corrected chi connectivity index (χ2v) is 5.24. The molecule has 129 valence electrons. The van der Waals surface area contributed by atoms with Gasteiger partial charge in [0.15, 0.2) is 0 Å². The van der Waals surface area contributed by atoms with Crippen LogP contribution in [0.15, 0.2) is 48.7 Å². The summed E-state index contributed by atoms with van der Waals surface area (Å²) in [6.45, 7) is 1.54. The van der Waals surface area contributed by atoms with E-state index in [1.807, 2.05) is 35.2 Å². The summed E-state index contributed by atoms with van der Waals surface area (Å²) in [7, 11) is 4.20. The fourth-order valence-electron chi connectivity index (χ4n) is 2.14. The number of halogens is 2. The molecule has 2 N–H and O–H groups in total. The molecule has 2 rings (SSSR count). The Morgan fingerprint density at radius 1 is 1.09 bits per heavy atom. The van der Waals surface area contributed by atoms with Gasteiger partial charge in [0.1, 0.15) is 5.75 Å². The summed E-state index contributed by atoms with van der Waals surface area (Å²) in [5.41, 5.74) is 1.73. The molecule has 0 fully saturated rings. The van der Waals surface area contributed by atoms with Crippen molar-refractivity contribution in [3.8, 4) is 5.75 Å². The van der Waals surface area contributed by atoms with Crippen LogP contribution in [-0.4, -0.2) is 38.6 Å². The molecule has 1 aromatic carbocycles. The first-order valence-corrected chi connectivity index (χ1v) is 8.76. The van der Waals surface area contributed by atoms with Gasteiger partial charge in [-0.2, -0.15) is 0 Å². The van der Waals surface area contributed by atoms with E-state index in [0.29, 0.717) is 19.6 Å². The molecule has 0 aliphatic rings. The summed E-state index contributed by atoms with van der Waals surface area (Å²) in [5, 5.41) is 19.7. The molecule has 1 atom stereocenters. The third-order valence-electron chi connectivity index (χ3n) is 3.14. The molecule has 0 saturated carbocycles. The molecule has 0 radical (unpaired) electrons. The van der Waals surface area contributed by atoms with Gasteiger partial charge in [0.05, 0.1) is 11.8 Å². The first kappa shape index (κ1) is 20.2. The molecule has 4 nitrogen and oxygen atoms in total. The monoisotopic (exact) mass is 404 g/mol. The molecule has 0 aliphatic heterocycles. The maximum atomic E-state index is 9.89. The number of aromatic nitrogens is 1. The second kappa shape index (κ2) is 11.7. The van der Waals surface area contributed by atoms with Crippen molar-refractivity contribution in [2.75, 3.05) is 12.4 Å². The van der Waals surface area contributed by atoms with E-state index < -0.39 is 6.10 Å². The standard InChI is InChI=1S/C16H19ClN2O2.ClH.Cu/c17-9-15(20)12-19(11-14-6-3-4-8-18-14)10-13-5-1-2-7-16(13)21;;/h1-8,15,20-21H,9-12H2;1H;/q;;+2/p-1. The Balaban J connectivity index is 0.00000127. The van der Waals surface area contributed by atoms with Crippen LogP contribution in [0.1, 0.15) is 11.3 Å². The number of benzene rings is 1. The van der Waals surface area contributed by atoms with Crippen LogP contribution in [0.4, 0.5) is 0 Å². The summed E-state index contributed by atoms with van der Waals surface area (Å²) < 4.78 is 0. The molecule has 0 spiro atoms. The number of hydrogen-bond donors (Lipinski definition) is 2. The summed E-state index contributed by atoms with van der Waals surface area (Å²) in [4.78, 5) is 6.32. The molecular formula is C16H19Cl2CuN2O2+. The predicted molar refractivity (Wildman–Crippen MR) is 89.0 cm³/mol. The zero-order valence-electron chi connectivity index (χ0n) is 12.4. The summed E-state index contributed by atoms with van der Waals surface area (Å²) in [5.74, 6) is 0.434. The van der Waals surface area contributed by atoms with Crippen LogP contribution in [0.5, 0.6) is 5.75 Å². The van der Waals surface area contributed by atoms with Crippen molar-refractivity contribution in [2.45, 2.75) is 19.2 Å². The molecule has 1 aromatic heterocycles. The minimum absolute atomic E-state index is 0.180. The van der Waals surface area contributed by atoms with Gasteiger partial charge in [-0.1, -0.05) is 24.3 Å². The van der Waals surface area contributed by atoms with Crippen LogP contribution in [-0.2, 0) is 28.2 Å². The van der Waals surface area contributed by atoms with Gasteiger partial charge >= 0.3 is 25.2 Å². The Bertz CT molecular complexity index is 561. The first-order valence-electron chi connectivity index (χ1n) is 6.93. The van der Waals surface area contributed by atoms with Crippen LogP contribution in [0.3, 0.4) is 0 Å². The molecular weight excluding hydrogens is 387 g/mol. The van der Waals surface area contributed by atoms with Gasteiger partial charge in [0.2, 0.25) is 0 Å². The summed E-state index contributed by atoms with van der Waals surface area (Å²) in [6, 6.07) is 12.9. The number of phenolic OH excluding ortho intramolecular Hbond substituents is 1. The van der Waals surface area contributed by atoms with Gasteiger partial charge in [-0.05, 0) is 18.2 Å². The average Bonchev–Trinajstić information content (AvgIpc) is 2.59. The number of rotatable bonds is 7. The third-order valence-corrected chi connectivity index (χ3v) is 3.50. The number of pyridine rings is 1. The van der Waals surface area contributed by atoms with E-state index in [4.69, 9.17) is 11.6 Å². The number of aliphatic hydroxyl groups is 1. The van der Waals surface area contributed by atoms with E-state index in [9.17, 15) is 10.2 Å². The molecule has 1 unspecified atom stereocenters. The Hall–Kier alpha value is -0.811.